The molecule has 2 rings (SSSR count). The number of hydrogen-bond donors (Lipinski definition) is 0. The van der Waals surface area contributed by atoms with Crippen LogP contribution in [0.15, 0.2) is 33.5 Å². The molecule has 0 aliphatic heterocycles. The normalized spacial score (nSPS) is 10.0. The smallest absolute Gasteiger partial charge is 0.352 e. The lowest BCUT2D eigenvalue weighted by atomic mass is 10.1. The molecule has 0 spiro atoms. The summed E-state index contributed by atoms with van der Waals surface area (Å²) < 4.78 is 5.07. The summed E-state index contributed by atoms with van der Waals surface area (Å²) >= 11 is 0. The van der Waals surface area contributed by atoms with E-state index in [-0.39, 0.29) is 5.56 Å². The average Bonchev–Trinajstić information content (AvgIpc) is 2.17. The van der Waals surface area contributed by atoms with Gasteiger partial charge in [0.05, 0.1) is 0 Å². The molecule has 1 heterocycles. The lowest BCUT2D eigenvalue weighted by molar-refractivity contribution is 0.558. The molecule has 0 fully saturated rings. The Hall–Kier alpha value is -2.01. The number of fused-ring (bicyclic) bond motifs is 1. The molecule has 0 saturated carbocycles. The number of rotatable bonds is 0. The molecular weight excluding hydrogens is 176 g/mol. The molecule has 2 aromatic rings. The maximum absolute atomic E-state index is 11.3. The predicted molar refractivity (Wildman–Crippen MR) is 55.2 cm³/mol. The van der Waals surface area contributed by atoms with Gasteiger partial charge in [0.1, 0.15) is 11.1 Å². The second-order valence-corrected chi connectivity index (χ2v) is 3.08. The molecular formula is C12H8O2. The van der Waals surface area contributed by atoms with Crippen LogP contribution in [0.5, 0.6) is 0 Å². The summed E-state index contributed by atoms with van der Waals surface area (Å²) in [5.74, 6) is 2.31. The van der Waals surface area contributed by atoms with Gasteiger partial charge in [0.15, 0.2) is 0 Å². The first-order valence-electron chi connectivity index (χ1n) is 4.22. The number of hydrogen-bond acceptors (Lipinski definition) is 2. The van der Waals surface area contributed by atoms with Crippen LogP contribution in [-0.2, 0) is 0 Å². The zero-order chi connectivity index (χ0) is 10.1. The number of terminal acetylenes is 1. The van der Waals surface area contributed by atoms with Crippen molar-refractivity contribution in [1.29, 1.82) is 0 Å². The van der Waals surface area contributed by atoms with E-state index in [0.29, 0.717) is 5.58 Å². The van der Waals surface area contributed by atoms with E-state index in [2.05, 4.69) is 5.92 Å². The monoisotopic (exact) mass is 184 g/mol. The molecule has 0 unspecified atom stereocenters. The fourth-order valence-electron chi connectivity index (χ4n) is 1.39. The van der Waals surface area contributed by atoms with Crippen molar-refractivity contribution in [2.45, 2.75) is 6.92 Å². The molecule has 0 atom stereocenters. The highest BCUT2D eigenvalue weighted by Crippen LogP contribution is 2.16. The second-order valence-electron chi connectivity index (χ2n) is 3.08. The highest BCUT2D eigenvalue weighted by Gasteiger charge is 2.03. The van der Waals surface area contributed by atoms with Crippen molar-refractivity contribution in [2.75, 3.05) is 0 Å². The van der Waals surface area contributed by atoms with Crippen molar-refractivity contribution in [2.24, 2.45) is 0 Å². The van der Waals surface area contributed by atoms with Gasteiger partial charge in [0.2, 0.25) is 0 Å². The lowest BCUT2D eigenvalue weighted by Crippen LogP contribution is -2.03. The van der Waals surface area contributed by atoms with Crippen LogP contribution >= 0.6 is 0 Å². The number of aryl methyl sites for hydroxylation is 1. The molecule has 0 saturated heterocycles. The zero-order valence-electron chi connectivity index (χ0n) is 7.70. The van der Waals surface area contributed by atoms with E-state index in [1.54, 1.807) is 12.1 Å². The standard InChI is InChI=1S/C12H8O2/c1-3-9-7-10-8(2)5-4-6-11(10)14-12(9)13/h1,4-7H,2H3. The van der Waals surface area contributed by atoms with E-state index < -0.39 is 5.63 Å². The van der Waals surface area contributed by atoms with E-state index in [1.807, 2.05) is 19.1 Å². The van der Waals surface area contributed by atoms with Crippen molar-refractivity contribution in [3.8, 4) is 12.3 Å². The molecule has 0 aliphatic rings. The van der Waals surface area contributed by atoms with E-state index in [1.165, 1.54) is 0 Å². The summed E-state index contributed by atoms with van der Waals surface area (Å²) in [4.78, 5) is 11.3. The minimum Gasteiger partial charge on any atom is -0.422 e. The Morgan fingerprint density at radius 3 is 2.93 bits per heavy atom. The highest BCUT2D eigenvalue weighted by molar-refractivity contribution is 5.81. The molecule has 2 nitrogen and oxygen atoms in total. The Morgan fingerprint density at radius 1 is 1.43 bits per heavy atom. The molecule has 14 heavy (non-hydrogen) atoms. The first-order valence-corrected chi connectivity index (χ1v) is 4.22. The van der Waals surface area contributed by atoms with Gasteiger partial charge in [0.25, 0.3) is 0 Å². The summed E-state index contributed by atoms with van der Waals surface area (Å²) in [6.45, 7) is 1.95. The van der Waals surface area contributed by atoms with Crippen molar-refractivity contribution < 1.29 is 4.42 Å². The lowest BCUT2D eigenvalue weighted by Gasteiger charge is -1.99. The van der Waals surface area contributed by atoms with Gasteiger partial charge in [-0.05, 0) is 24.6 Å². The van der Waals surface area contributed by atoms with E-state index >= 15 is 0 Å². The van der Waals surface area contributed by atoms with Gasteiger partial charge in [-0.15, -0.1) is 6.42 Å². The molecule has 1 aromatic heterocycles. The maximum Gasteiger partial charge on any atom is 0.352 e. The fraction of sp³-hybridized carbons (Fsp3) is 0.0833. The van der Waals surface area contributed by atoms with Crippen LogP contribution in [0.25, 0.3) is 11.0 Å². The van der Waals surface area contributed by atoms with Crippen molar-refractivity contribution in [3.63, 3.8) is 0 Å². The van der Waals surface area contributed by atoms with E-state index in [9.17, 15) is 4.79 Å². The third kappa shape index (κ3) is 1.20. The van der Waals surface area contributed by atoms with Gasteiger partial charge in [-0.3, -0.25) is 0 Å². The molecule has 1 aromatic carbocycles. The molecule has 0 amide bonds. The Morgan fingerprint density at radius 2 is 2.21 bits per heavy atom. The molecule has 0 bridgehead atoms. The Balaban J connectivity index is 2.96. The minimum absolute atomic E-state index is 0.270. The molecule has 68 valence electrons. The van der Waals surface area contributed by atoms with Crippen LogP contribution in [0.3, 0.4) is 0 Å². The van der Waals surface area contributed by atoms with Crippen LogP contribution in [0.2, 0.25) is 0 Å². The van der Waals surface area contributed by atoms with Crippen LogP contribution in [0.4, 0.5) is 0 Å². The van der Waals surface area contributed by atoms with E-state index in [0.717, 1.165) is 10.9 Å². The predicted octanol–water partition coefficient (Wildman–Crippen LogP) is 2.08. The van der Waals surface area contributed by atoms with Gasteiger partial charge in [-0.2, -0.15) is 0 Å². The Bertz CT molecular complexity index is 585. The first-order chi connectivity index (χ1) is 6.72. The maximum atomic E-state index is 11.3. The Labute approximate surface area is 81.2 Å². The van der Waals surface area contributed by atoms with Gasteiger partial charge in [-0.25, -0.2) is 4.79 Å². The van der Waals surface area contributed by atoms with Crippen LogP contribution in [0.1, 0.15) is 11.1 Å². The molecule has 0 N–H and O–H groups in total. The van der Waals surface area contributed by atoms with Crippen molar-refractivity contribution in [3.05, 3.63) is 45.8 Å². The van der Waals surface area contributed by atoms with Crippen LogP contribution < -0.4 is 5.63 Å². The van der Waals surface area contributed by atoms with Crippen molar-refractivity contribution >= 4 is 11.0 Å². The molecule has 2 heteroatoms. The van der Waals surface area contributed by atoms with Gasteiger partial charge >= 0.3 is 5.63 Å². The second kappa shape index (κ2) is 3.04. The Kier molecular flexibility index (Phi) is 1.86. The SMILES string of the molecule is C#Cc1cc2c(C)cccc2oc1=O. The van der Waals surface area contributed by atoms with Crippen LogP contribution in [-0.4, -0.2) is 0 Å². The number of benzene rings is 1. The summed E-state index contributed by atoms with van der Waals surface area (Å²) in [7, 11) is 0. The fourth-order valence-corrected chi connectivity index (χ4v) is 1.39. The average molecular weight is 184 g/mol. The van der Waals surface area contributed by atoms with Gasteiger partial charge < -0.3 is 4.42 Å². The van der Waals surface area contributed by atoms with Gasteiger partial charge in [0, 0.05) is 5.39 Å². The minimum atomic E-state index is -0.453. The molecule has 0 aliphatic carbocycles. The summed E-state index contributed by atoms with van der Waals surface area (Å²) in [5, 5.41) is 0.889. The molecule has 0 radical (unpaired) electrons. The summed E-state index contributed by atoms with van der Waals surface area (Å²) in [5.41, 5.74) is 1.44. The largest absolute Gasteiger partial charge is 0.422 e. The first kappa shape index (κ1) is 8.58. The topological polar surface area (TPSA) is 30.2 Å². The zero-order valence-corrected chi connectivity index (χ0v) is 7.70. The quantitative estimate of drug-likeness (QED) is 0.463. The highest BCUT2D eigenvalue weighted by atomic mass is 16.4. The van der Waals surface area contributed by atoms with Crippen molar-refractivity contribution in [1.82, 2.24) is 0 Å². The third-order valence-corrected chi connectivity index (χ3v) is 2.15. The summed E-state index contributed by atoms with van der Waals surface area (Å²) in [6.07, 6.45) is 5.18. The van der Waals surface area contributed by atoms with Crippen LogP contribution in [0, 0.1) is 19.3 Å². The third-order valence-electron chi connectivity index (χ3n) is 2.15. The van der Waals surface area contributed by atoms with Gasteiger partial charge in [-0.1, -0.05) is 18.1 Å². The summed E-state index contributed by atoms with van der Waals surface area (Å²) in [6, 6.07) is 7.24. The van der Waals surface area contributed by atoms with E-state index in [4.69, 9.17) is 10.8 Å².